The van der Waals surface area contributed by atoms with Crippen LogP contribution in [0.25, 0.3) is 0 Å². The van der Waals surface area contributed by atoms with Gasteiger partial charge in [0.05, 0.1) is 19.8 Å². The highest BCUT2D eigenvalue weighted by molar-refractivity contribution is 5.96. The Labute approximate surface area is 111 Å². The summed E-state index contributed by atoms with van der Waals surface area (Å²) in [5.74, 6) is -0.659. The summed E-state index contributed by atoms with van der Waals surface area (Å²) in [4.78, 5) is 25.5. The third kappa shape index (κ3) is 2.93. The maximum atomic E-state index is 12.2. The van der Waals surface area contributed by atoms with Crippen molar-refractivity contribution in [2.75, 3.05) is 32.9 Å². The molecule has 0 radical (unpaired) electrons. The Kier molecular flexibility index (Phi) is 4.16. The van der Waals surface area contributed by atoms with Crippen molar-refractivity contribution in [1.29, 1.82) is 0 Å². The van der Waals surface area contributed by atoms with Crippen molar-refractivity contribution in [3.8, 4) is 0 Å². The highest BCUT2D eigenvalue weighted by Gasteiger charge is 2.23. The molecule has 2 rings (SSSR count). The van der Waals surface area contributed by atoms with Crippen LogP contribution < -0.4 is 0 Å². The molecule has 2 heterocycles. The molecule has 1 aromatic heterocycles. The van der Waals surface area contributed by atoms with Crippen LogP contribution in [0.4, 0.5) is 0 Å². The predicted molar refractivity (Wildman–Crippen MR) is 65.9 cm³/mol. The van der Waals surface area contributed by atoms with Gasteiger partial charge in [-0.2, -0.15) is 5.10 Å². The summed E-state index contributed by atoms with van der Waals surface area (Å²) < 4.78 is 11.5. The third-order valence-electron chi connectivity index (χ3n) is 2.88. The molecular weight excluding hydrogens is 250 g/mol. The van der Waals surface area contributed by atoms with Crippen LogP contribution in [0.1, 0.15) is 27.9 Å². The summed E-state index contributed by atoms with van der Waals surface area (Å²) in [7, 11) is 1.61. The lowest BCUT2D eigenvalue weighted by atomic mass is 10.3. The fraction of sp³-hybridized carbons (Fsp3) is 0.583. The van der Waals surface area contributed by atoms with Gasteiger partial charge in [-0.15, -0.1) is 0 Å². The van der Waals surface area contributed by atoms with E-state index in [9.17, 15) is 9.59 Å². The lowest BCUT2D eigenvalue weighted by Crippen LogP contribution is -2.40. The second kappa shape index (κ2) is 5.83. The topological polar surface area (TPSA) is 73.7 Å². The quantitative estimate of drug-likeness (QED) is 0.724. The van der Waals surface area contributed by atoms with Gasteiger partial charge in [0, 0.05) is 26.2 Å². The molecule has 0 spiro atoms. The van der Waals surface area contributed by atoms with E-state index in [0.717, 1.165) is 0 Å². The summed E-state index contributed by atoms with van der Waals surface area (Å²) in [6.45, 7) is 4.17. The molecule has 1 aliphatic rings. The average Bonchev–Trinajstić information content (AvgIpc) is 2.81. The first kappa shape index (κ1) is 13.5. The minimum Gasteiger partial charge on any atom is -0.461 e. The fourth-order valence-electron chi connectivity index (χ4n) is 1.90. The van der Waals surface area contributed by atoms with Crippen LogP contribution in [-0.4, -0.2) is 59.5 Å². The van der Waals surface area contributed by atoms with Crippen molar-refractivity contribution in [3.05, 3.63) is 17.5 Å². The van der Waals surface area contributed by atoms with Crippen molar-refractivity contribution in [3.63, 3.8) is 0 Å². The van der Waals surface area contributed by atoms with Crippen molar-refractivity contribution in [2.24, 2.45) is 7.05 Å². The second-order valence-corrected chi connectivity index (χ2v) is 4.16. The van der Waals surface area contributed by atoms with Crippen LogP contribution in [0.2, 0.25) is 0 Å². The lowest BCUT2D eigenvalue weighted by Gasteiger charge is -2.25. The summed E-state index contributed by atoms with van der Waals surface area (Å²) in [6, 6.07) is 1.47. The standard InChI is InChI=1S/C12H17N3O4/c1-3-19-12(17)10-8-9(13-14(10)2)11(16)15-4-6-18-7-5-15/h8H,3-7H2,1-2H3. The zero-order valence-corrected chi connectivity index (χ0v) is 11.1. The number of carbonyl (C=O) groups is 2. The van der Waals surface area contributed by atoms with Crippen LogP contribution >= 0.6 is 0 Å². The number of ether oxygens (including phenoxy) is 2. The van der Waals surface area contributed by atoms with Gasteiger partial charge in [0.15, 0.2) is 5.69 Å². The number of hydrogen-bond acceptors (Lipinski definition) is 5. The maximum Gasteiger partial charge on any atom is 0.356 e. The van der Waals surface area contributed by atoms with Gasteiger partial charge in [0.1, 0.15) is 5.69 Å². The van der Waals surface area contributed by atoms with Gasteiger partial charge in [-0.1, -0.05) is 0 Å². The van der Waals surface area contributed by atoms with Gasteiger partial charge in [-0.3, -0.25) is 9.48 Å². The molecule has 0 bridgehead atoms. The number of carbonyl (C=O) groups excluding carboxylic acids is 2. The van der Waals surface area contributed by atoms with Crippen molar-refractivity contribution < 1.29 is 19.1 Å². The molecular formula is C12H17N3O4. The first-order valence-corrected chi connectivity index (χ1v) is 6.21. The largest absolute Gasteiger partial charge is 0.461 e. The number of hydrogen-bond donors (Lipinski definition) is 0. The minimum absolute atomic E-state index is 0.186. The number of rotatable bonds is 3. The number of aryl methyl sites for hydroxylation is 1. The Morgan fingerprint density at radius 1 is 1.42 bits per heavy atom. The van der Waals surface area contributed by atoms with Crippen molar-refractivity contribution in [2.45, 2.75) is 6.92 Å². The van der Waals surface area contributed by atoms with Crippen molar-refractivity contribution in [1.82, 2.24) is 14.7 Å². The molecule has 1 aromatic rings. The summed E-state index contributed by atoms with van der Waals surface area (Å²) in [5.41, 5.74) is 0.533. The first-order chi connectivity index (χ1) is 9.13. The van der Waals surface area contributed by atoms with E-state index in [-0.39, 0.29) is 23.9 Å². The van der Waals surface area contributed by atoms with E-state index in [0.29, 0.717) is 26.3 Å². The van der Waals surface area contributed by atoms with Crippen LogP contribution in [0, 0.1) is 0 Å². The molecule has 0 aliphatic carbocycles. The van der Waals surface area contributed by atoms with E-state index in [1.165, 1.54) is 10.7 Å². The number of morpholine rings is 1. The number of nitrogens with zero attached hydrogens (tertiary/aromatic N) is 3. The van der Waals surface area contributed by atoms with Crippen LogP contribution in [0.3, 0.4) is 0 Å². The monoisotopic (exact) mass is 267 g/mol. The summed E-state index contributed by atoms with van der Waals surface area (Å²) >= 11 is 0. The van der Waals surface area contributed by atoms with E-state index < -0.39 is 5.97 Å². The second-order valence-electron chi connectivity index (χ2n) is 4.16. The molecule has 7 nitrogen and oxygen atoms in total. The van der Waals surface area contributed by atoms with E-state index in [1.807, 2.05) is 0 Å². The molecule has 0 N–H and O–H groups in total. The smallest absolute Gasteiger partial charge is 0.356 e. The van der Waals surface area contributed by atoms with Gasteiger partial charge in [-0.05, 0) is 6.92 Å². The highest BCUT2D eigenvalue weighted by Crippen LogP contribution is 2.09. The Morgan fingerprint density at radius 2 is 2.11 bits per heavy atom. The van der Waals surface area contributed by atoms with E-state index >= 15 is 0 Å². The maximum absolute atomic E-state index is 12.2. The SMILES string of the molecule is CCOC(=O)c1cc(C(=O)N2CCOCC2)nn1C. The van der Waals surface area contributed by atoms with Gasteiger partial charge in [0.2, 0.25) is 0 Å². The van der Waals surface area contributed by atoms with Crippen molar-refractivity contribution >= 4 is 11.9 Å². The molecule has 1 saturated heterocycles. The van der Waals surface area contributed by atoms with E-state index in [4.69, 9.17) is 9.47 Å². The Bertz CT molecular complexity index is 477. The highest BCUT2D eigenvalue weighted by atomic mass is 16.5. The number of esters is 1. The first-order valence-electron chi connectivity index (χ1n) is 6.21. The van der Waals surface area contributed by atoms with Gasteiger partial charge < -0.3 is 14.4 Å². The minimum atomic E-state index is -0.474. The molecule has 1 aliphatic heterocycles. The molecule has 0 saturated carbocycles. The van der Waals surface area contributed by atoms with Gasteiger partial charge in [0.25, 0.3) is 5.91 Å². The molecule has 0 unspecified atom stereocenters. The lowest BCUT2D eigenvalue weighted by molar-refractivity contribution is 0.0298. The van der Waals surface area contributed by atoms with E-state index in [1.54, 1.807) is 18.9 Å². The van der Waals surface area contributed by atoms with Gasteiger partial charge >= 0.3 is 5.97 Å². The molecule has 1 amide bonds. The third-order valence-corrected chi connectivity index (χ3v) is 2.88. The summed E-state index contributed by atoms with van der Waals surface area (Å²) in [5, 5.41) is 4.07. The molecule has 7 heteroatoms. The predicted octanol–water partition coefficient (Wildman–Crippen LogP) is 0.0692. The Balaban J connectivity index is 2.14. The fourth-order valence-corrected chi connectivity index (χ4v) is 1.90. The van der Waals surface area contributed by atoms with E-state index in [2.05, 4.69) is 5.10 Å². The molecule has 19 heavy (non-hydrogen) atoms. The van der Waals surface area contributed by atoms with Gasteiger partial charge in [-0.25, -0.2) is 4.79 Å². The van der Waals surface area contributed by atoms with Crippen LogP contribution in [0.15, 0.2) is 6.07 Å². The summed E-state index contributed by atoms with van der Waals surface area (Å²) in [6.07, 6.45) is 0. The molecule has 0 aromatic carbocycles. The van der Waals surface area contributed by atoms with Crippen LogP contribution in [-0.2, 0) is 16.5 Å². The normalized spacial score (nSPS) is 15.4. The average molecular weight is 267 g/mol. The molecule has 0 atom stereocenters. The Morgan fingerprint density at radius 3 is 2.74 bits per heavy atom. The van der Waals surface area contributed by atoms with Crippen LogP contribution in [0.5, 0.6) is 0 Å². The zero-order chi connectivity index (χ0) is 13.8. The molecule has 104 valence electrons. The Hall–Kier alpha value is -1.89. The molecule has 1 fully saturated rings. The number of amides is 1. The number of aromatic nitrogens is 2. The zero-order valence-electron chi connectivity index (χ0n) is 11.1.